The molecule has 0 radical (unpaired) electrons. The molecule has 0 aliphatic rings. The number of hydrogen-bond donors (Lipinski definition) is 1. The van der Waals surface area contributed by atoms with Gasteiger partial charge >= 0.3 is 0 Å². The first-order chi connectivity index (χ1) is 7.54. The van der Waals surface area contributed by atoms with E-state index in [0.29, 0.717) is 17.5 Å². The summed E-state index contributed by atoms with van der Waals surface area (Å²) in [6.45, 7) is 4.38. The molecule has 1 heterocycles. The van der Waals surface area contributed by atoms with Crippen LogP contribution in [0.5, 0.6) is 0 Å². The Morgan fingerprint density at radius 1 is 1.62 bits per heavy atom. The van der Waals surface area contributed by atoms with Gasteiger partial charge in [0.2, 0.25) is 5.91 Å². The van der Waals surface area contributed by atoms with Gasteiger partial charge in [-0.05, 0) is 13.8 Å². The first kappa shape index (κ1) is 12.7. The van der Waals surface area contributed by atoms with E-state index in [1.165, 1.54) is 6.33 Å². The maximum atomic E-state index is 11.8. The molecule has 1 aromatic heterocycles. The third kappa shape index (κ3) is 3.34. The number of amides is 1. The first-order valence-electron chi connectivity index (χ1n) is 5.03. The molecule has 16 heavy (non-hydrogen) atoms. The molecule has 1 aromatic rings. The van der Waals surface area contributed by atoms with Gasteiger partial charge in [0.15, 0.2) is 0 Å². The van der Waals surface area contributed by atoms with Crippen molar-refractivity contribution < 1.29 is 4.79 Å². The lowest BCUT2D eigenvalue weighted by atomic mass is 10.3. The van der Waals surface area contributed by atoms with E-state index in [1.54, 1.807) is 24.9 Å². The Hall–Kier alpha value is -1.36. The summed E-state index contributed by atoms with van der Waals surface area (Å²) in [5.41, 5.74) is 0. The van der Waals surface area contributed by atoms with E-state index in [4.69, 9.17) is 11.6 Å². The highest BCUT2D eigenvalue weighted by atomic mass is 35.5. The number of rotatable bonds is 4. The monoisotopic (exact) mass is 242 g/mol. The maximum absolute atomic E-state index is 11.8. The van der Waals surface area contributed by atoms with E-state index in [9.17, 15) is 4.79 Å². The molecule has 5 nitrogen and oxygen atoms in total. The number of halogens is 1. The van der Waals surface area contributed by atoms with Gasteiger partial charge < -0.3 is 10.2 Å². The molecule has 1 rings (SSSR count). The number of hydrogen-bond acceptors (Lipinski definition) is 4. The summed E-state index contributed by atoms with van der Waals surface area (Å²) in [6.07, 6.45) is 1.35. The zero-order valence-corrected chi connectivity index (χ0v) is 10.3. The van der Waals surface area contributed by atoms with Gasteiger partial charge in [0.25, 0.3) is 0 Å². The Morgan fingerprint density at radius 2 is 2.31 bits per heavy atom. The number of aromatic nitrogens is 2. The molecule has 1 unspecified atom stereocenters. The van der Waals surface area contributed by atoms with E-state index in [1.807, 2.05) is 6.92 Å². The van der Waals surface area contributed by atoms with Crippen molar-refractivity contribution in [3.63, 3.8) is 0 Å². The lowest BCUT2D eigenvalue weighted by Crippen LogP contribution is -2.39. The molecule has 0 fully saturated rings. The van der Waals surface area contributed by atoms with Crippen LogP contribution < -0.4 is 5.32 Å². The second-order valence-corrected chi connectivity index (χ2v) is 3.83. The quantitative estimate of drug-likeness (QED) is 0.811. The van der Waals surface area contributed by atoms with E-state index < -0.39 is 0 Å². The van der Waals surface area contributed by atoms with Gasteiger partial charge in [-0.15, -0.1) is 0 Å². The van der Waals surface area contributed by atoms with Gasteiger partial charge in [-0.25, -0.2) is 9.97 Å². The second-order valence-electron chi connectivity index (χ2n) is 3.44. The van der Waals surface area contributed by atoms with Crippen molar-refractivity contribution in [2.24, 2.45) is 0 Å². The highest BCUT2D eigenvalue weighted by Gasteiger charge is 2.16. The smallest absolute Gasteiger partial charge is 0.244 e. The van der Waals surface area contributed by atoms with Gasteiger partial charge in [-0.2, -0.15) is 0 Å². The Bertz CT molecular complexity index is 372. The van der Waals surface area contributed by atoms with Crippen LogP contribution in [0.25, 0.3) is 0 Å². The minimum atomic E-state index is -0.337. The minimum absolute atomic E-state index is 0.0113. The third-order valence-corrected chi connectivity index (χ3v) is 2.43. The predicted molar refractivity (Wildman–Crippen MR) is 63.4 cm³/mol. The normalized spacial score (nSPS) is 12.0. The van der Waals surface area contributed by atoms with Crippen molar-refractivity contribution in [1.29, 1.82) is 0 Å². The molecule has 1 N–H and O–H groups in total. The van der Waals surface area contributed by atoms with Gasteiger partial charge in [-0.1, -0.05) is 11.6 Å². The lowest BCUT2D eigenvalue weighted by molar-refractivity contribution is -0.130. The molecular formula is C10H15ClN4O. The van der Waals surface area contributed by atoms with Crippen LogP contribution in [0.4, 0.5) is 5.82 Å². The standard InChI is InChI=1S/C10H15ClN4O/c1-4-15(3)10(16)7(2)14-9-5-8(11)12-6-13-9/h5-7H,4H2,1-3H3,(H,12,13,14). The van der Waals surface area contributed by atoms with Gasteiger partial charge in [0, 0.05) is 19.7 Å². The second kappa shape index (κ2) is 5.65. The van der Waals surface area contributed by atoms with Crippen LogP contribution in [-0.2, 0) is 4.79 Å². The highest BCUT2D eigenvalue weighted by molar-refractivity contribution is 6.29. The van der Waals surface area contributed by atoms with Crippen molar-refractivity contribution in [2.75, 3.05) is 18.9 Å². The molecule has 0 aliphatic heterocycles. The zero-order chi connectivity index (χ0) is 12.1. The Balaban J connectivity index is 2.64. The van der Waals surface area contributed by atoms with Crippen molar-refractivity contribution in [2.45, 2.75) is 19.9 Å². The molecule has 0 bridgehead atoms. The summed E-state index contributed by atoms with van der Waals surface area (Å²) in [7, 11) is 1.76. The van der Waals surface area contributed by atoms with Crippen LogP contribution in [-0.4, -0.2) is 40.4 Å². The van der Waals surface area contributed by atoms with E-state index in [-0.39, 0.29) is 11.9 Å². The predicted octanol–water partition coefficient (Wildman–Crippen LogP) is 1.41. The molecule has 1 atom stereocenters. The van der Waals surface area contributed by atoms with Crippen LogP contribution >= 0.6 is 11.6 Å². The SMILES string of the molecule is CCN(C)C(=O)C(C)Nc1cc(Cl)ncn1. The molecule has 88 valence electrons. The molecule has 1 amide bonds. The summed E-state index contributed by atoms with van der Waals surface area (Å²) < 4.78 is 0. The number of nitrogens with one attached hydrogen (secondary N) is 1. The number of nitrogens with zero attached hydrogens (tertiary/aromatic N) is 3. The van der Waals surface area contributed by atoms with Crippen LogP contribution in [0.2, 0.25) is 5.15 Å². The van der Waals surface area contributed by atoms with E-state index in [2.05, 4.69) is 15.3 Å². The lowest BCUT2D eigenvalue weighted by Gasteiger charge is -2.20. The molecular weight excluding hydrogens is 228 g/mol. The highest BCUT2D eigenvalue weighted by Crippen LogP contribution is 2.10. The number of carbonyl (C=O) groups excluding carboxylic acids is 1. The van der Waals surface area contributed by atoms with Crippen molar-refractivity contribution in [1.82, 2.24) is 14.9 Å². The summed E-state index contributed by atoms with van der Waals surface area (Å²) in [5, 5.41) is 3.32. The Kier molecular flexibility index (Phi) is 4.49. The summed E-state index contributed by atoms with van der Waals surface area (Å²) in [4.78, 5) is 21.1. The molecule has 0 spiro atoms. The largest absolute Gasteiger partial charge is 0.358 e. The first-order valence-corrected chi connectivity index (χ1v) is 5.41. The van der Waals surface area contributed by atoms with Crippen molar-refractivity contribution in [3.8, 4) is 0 Å². The maximum Gasteiger partial charge on any atom is 0.244 e. The molecule has 0 aliphatic carbocycles. The fourth-order valence-electron chi connectivity index (χ4n) is 1.18. The van der Waals surface area contributed by atoms with Gasteiger partial charge in [0.05, 0.1) is 0 Å². The van der Waals surface area contributed by atoms with Crippen LogP contribution in [0.1, 0.15) is 13.8 Å². The van der Waals surface area contributed by atoms with E-state index >= 15 is 0 Å². The van der Waals surface area contributed by atoms with Crippen molar-refractivity contribution >= 4 is 23.3 Å². The summed E-state index contributed by atoms with van der Waals surface area (Å²) in [6, 6.07) is 1.24. The zero-order valence-electron chi connectivity index (χ0n) is 9.57. The number of carbonyl (C=O) groups is 1. The number of likely N-dealkylation sites (N-methyl/N-ethyl adjacent to an activating group) is 1. The Morgan fingerprint density at radius 3 is 2.88 bits per heavy atom. The average Bonchev–Trinajstić information content (AvgIpc) is 2.27. The minimum Gasteiger partial charge on any atom is -0.358 e. The fraction of sp³-hybridized carbons (Fsp3) is 0.500. The van der Waals surface area contributed by atoms with E-state index in [0.717, 1.165) is 0 Å². The van der Waals surface area contributed by atoms with Crippen LogP contribution in [0.15, 0.2) is 12.4 Å². The molecule has 0 aromatic carbocycles. The molecule has 6 heteroatoms. The van der Waals surface area contributed by atoms with Gasteiger partial charge in [-0.3, -0.25) is 4.79 Å². The summed E-state index contributed by atoms with van der Waals surface area (Å²) >= 11 is 5.71. The summed E-state index contributed by atoms with van der Waals surface area (Å²) in [5.74, 6) is 0.558. The van der Waals surface area contributed by atoms with Crippen molar-refractivity contribution in [3.05, 3.63) is 17.5 Å². The van der Waals surface area contributed by atoms with Crippen LogP contribution in [0.3, 0.4) is 0 Å². The fourth-order valence-corrected chi connectivity index (χ4v) is 1.33. The third-order valence-electron chi connectivity index (χ3n) is 2.22. The number of anilines is 1. The topological polar surface area (TPSA) is 58.1 Å². The molecule has 0 saturated heterocycles. The van der Waals surface area contributed by atoms with Gasteiger partial charge in [0.1, 0.15) is 23.3 Å². The Labute approximate surface area is 99.8 Å². The average molecular weight is 243 g/mol. The molecule has 0 saturated carbocycles. The van der Waals surface area contributed by atoms with Crippen LogP contribution in [0, 0.1) is 0 Å².